The predicted molar refractivity (Wildman–Crippen MR) is 187 cm³/mol. The second-order valence-corrected chi connectivity index (χ2v) is 12.3. The number of hydrogen-bond acceptors (Lipinski definition) is 2. The molecule has 1 aliphatic carbocycles. The molecule has 0 amide bonds. The van der Waals surface area contributed by atoms with Crippen molar-refractivity contribution in [1.82, 2.24) is 9.97 Å². The first kappa shape index (κ1) is 27.0. The first-order valence-corrected chi connectivity index (χ1v) is 15.5. The van der Waals surface area contributed by atoms with E-state index in [0.717, 1.165) is 45.0 Å². The van der Waals surface area contributed by atoms with Crippen LogP contribution in [0.5, 0.6) is 0 Å². The Labute approximate surface area is 264 Å². The van der Waals surface area contributed by atoms with E-state index < -0.39 is 0 Å². The van der Waals surface area contributed by atoms with Gasteiger partial charge in [0.15, 0.2) is 5.82 Å². The lowest BCUT2D eigenvalue weighted by Gasteiger charge is -2.22. The molecule has 2 nitrogen and oxygen atoms in total. The van der Waals surface area contributed by atoms with Gasteiger partial charge in [-0.25, -0.2) is 9.97 Å². The van der Waals surface area contributed by atoms with Gasteiger partial charge in [0, 0.05) is 22.1 Å². The molecule has 0 fully saturated rings. The molecule has 0 atom stereocenters. The number of aromatic nitrogens is 2. The first-order valence-electron chi connectivity index (χ1n) is 15.5. The summed E-state index contributed by atoms with van der Waals surface area (Å²) in [5.74, 6) is 0.718. The number of benzene rings is 6. The van der Waals surface area contributed by atoms with Gasteiger partial charge in [0.2, 0.25) is 0 Å². The summed E-state index contributed by atoms with van der Waals surface area (Å²) in [5.41, 5.74) is 15.2. The molecule has 0 spiro atoms. The molecule has 0 aliphatic heterocycles. The second kappa shape index (κ2) is 10.8. The van der Waals surface area contributed by atoms with Gasteiger partial charge in [-0.3, -0.25) is 0 Å². The predicted octanol–water partition coefficient (Wildman–Crippen LogP) is 11.1. The lowest BCUT2D eigenvalue weighted by molar-refractivity contribution is 0.660. The summed E-state index contributed by atoms with van der Waals surface area (Å²) in [6.07, 6.45) is 0. The number of hydrogen-bond donors (Lipinski definition) is 0. The fraction of sp³-hybridized carbons (Fsp3) is 0.0698. The van der Waals surface area contributed by atoms with Crippen molar-refractivity contribution in [2.45, 2.75) is 19.3 Å². The van der Waals surface area contributed by atoms with Crippen LogP contribution in [0.25, 0.3) is 67.3 Å². The average molecular weight is 577 g/mol. The Morgan fingerprint density at radius 3 is 1.49 bits per heavy atom. The molecule has 7 aromatic rings. The lowest BCUT2D eigenvalue weighted by Crippen LogP contribution is -2.14. The minimum absolute atomic E-state index is 0.0113. The normalized spacial score (nSPS) is 12.8. The Morgan fingerprint density at radius 1 is 0.356 bits per heavy atom. The zero-order chi connectivity index (χ0) is 30.4. The summed E-state index contributed by atoms with van der Waals surface area (Å²) in [5, 5.41) is 0. The molecule has 1 aromatic heterocycles. The summed E-state index contributed by atoms with van der Waals surface area (Å²) in [4.78, 5) is 10.1. The van der Waals surface area contributed by atoms with Crippen molar-refractivity contribution in [2.75, 3.05) is 0 Å². The maximum Gasteiger partial charge on any atom is 0.160 e. The maximum atomic E-state index is 5.03. The molecule has 0 saturated carbocycles. The molecule has 214 valence electrons. The van der Waals surface area contributed by atoms with E-state index in [1.54, 1.807) is 0 Å². The Kier molecular flexibility index (Phi) is 6.50. The molecule has 45 heavy (non-hydrogen) atoms. The number of fused-ring (bicyclic) bond motifs is 3. The summed E-state index contributed by atoms with van der Waals surface area (Å²) < 4.78 is 0. The third-order valence-corrected chi connectivity index (χ3v) is 9.12. The number of rotatable bonds is 5. The fourth-order valence-corrected chi connectivity index (χ4v) is 6.67. The maximum absolute atomic E-state index is 5.03. The van der Waals surface area contributed by atoms with E-state index in [2.05, 4.69) is 135 Å². The van der Waals surface area contributed by atoms with Gasteiger partial charge in [-0.1, -0.05) is 153 Å². The molecule has 2 heteroatoms. The molecule has 8 rings (SSSR count). The fourth-order valence-electron chi connectivity index (χ4n) is 6.67. The molecule has 0 bridgehead atoms. The molecule has 0 radical (unpaired) electrons. The third-order valence-electron chi connectivity index (χ3n) is 9.12. The lowest BCUT2D eigenvalue weighted by atomic mass is 9.81. The van der Waals surface area contributed by atoms with Crippen LogP contribution in [-0.4, -0.2) is 9.97 Å². The highest BCUT2D eigenvalue weighted by Crippen LogP contribution is 2.49. The second-order valence-electron chi connectivity index (χ2n) is 12.3. The van der Waals surface area contributed by atoms with Gasteiger partial charge in [-0.05, 0) is 62.7 Å². The quantitative estimate of drug-likeness (QED) is 0.204. The molecule has 0 unspecified atom stereocenters. The van der Waals surface area contributed by atoms with Gasteiger partial charge < -0.3 is 0 Å². The van der Waals surface area contributed by atoms with Gasteiger partial charge >= 0.3 is 0 Å². The van der Waals surface area contributed by atoms with E-state index in [9.17, 15) is 0 Å². The largest absolute Gasteiger partial charge is 0.228 e. The van der Waals surface area contributed by atoms with Crippen molar-refractivity contribution in [3.63, 3.8) is 0 Å². The van der Waals surface area contributed by atoms with Gasteiger partial charge in [0.05, 0.1) is 11.4 Å². The molecule has 0 N–H and O–H groups in total. The molecular formula is C43H32N2. The molecule has 1 heterocycles. The van der Waals surface area contributed by atoms with Crippen molar-refractivity contribution in [2.24, 2.45) is 0 Å². The zero-order valence-corrected chi connectivity index (χ0v) is 25.4. The third kappa shape index (κ3) is 4.85. The van der Waals surface area contributed by atoms with Gasteiger partial charge in [-0.15, -0.1) is 0 Å². The van der Waals surface area contributed by atoms with E-state index in [4.69, 9.17) is 9.97 Å². The SMILES string of the molecule is CC1(C)c2ccccc2-c2ccc(-c3ccc(-c4cccc(-c5nc(-c6ccccc6)cc(-c6ccccc6)n5)c4)cc3)cc21. The van der Waals surface area contributed by atoms with Crippen LogP contribution < -0.4 is 0 Å². The summed E-state index contributed by atoms with van der Waals surface area (Å²) >= 11 is 0. The minimum Gasteiger partial charge on any atom is -0.228 e. The average Bonchev–Trinajstić information content (AvgIpc) is 3.34. The Morgan fingerprint density at radius 2 is 0.844 bits per heavy atom. The smallest absolute Gasteiger partial charge is 0.160 e. The highest BCUT2D eigenvalue weighted by Gasteiger charge is 2.35. The summed E-state index contributed by atoms with van der Waals surface area (Å²) in [7, 11) is 0. The first-order chi connectivity index (χ1) is 22.0. The van der Waals surface area contributed by atoms with Crippen molar-refractivity contribution < 1.29 is 0 Å². The van der Waals surface area contributed by atoms with Crippen LogP contribution in [0.4, 0.5) is 0 Å². The van der Waals surface area contributed by atoms with Crippen LogP contribution in [-0.2, 0) is 5.41 Å². The molecule has 0 saturated heterocycles. The van der Waals surface area contributed by atoms with E-state index >= 15 is 0 Å². The molecular weight excluding hydrogens is 544 g/mol. The highest BCUT2D eigenvalue weighted by atomic mass is 14.9. The van der Waals surface area contributed by atoms with E-state index in [1.165, 1.54) is 33.4 Å². The summed E-state index contributed by atoms with van der Waals surface area (Å²) in [6.45, 7) is 4.67. The van der Waals surface area contributed by atoms with Crippen LogP contribution in [0.3, 0.4) is 0 Å². The minimum atomic E-state index is -0.0113. The number of nitrogens with zero attached hydrogens (tertiary/aromatic N) is 2. The van der Waals surface area contributed by atoms with Crippen LogP contribution in [0, 0.1) is 0 Å². The van der Waals surface area contributed by atoms with Gasteiger partial charge in [-0.2, -0.15) is 0 Å². The standard InChI is InChI=1S/C43H32N2/c1-43(2)38-19-10-9-18-36(38)37-25-24-34(27-39(37)43)30-22-20-29(21-23-30)33-16-11-17-35(26-33)42-44-40(31-12-5-3-6-13-31)28-41(45-42)32-14-7-4-8-15-32/h3-28H,1-2H3. The topological polar surface area (TPSA) is 25.8 Å². The van der Waals surface area contributed by atoms with E-state index in [0.29, 0.717) is 0 Å². The van der Waals surface area contributed by atoms with Crippen LogP contribution in [0.1, 0.15) is 25.0 Å². The van der Waals surface area contributed by atoms with Crippen LogP contribution >= 0.6 is 0 Å². The molecule has 6 aromatic carbocycles. The van der Waals surface area contributed by atoms with Crippen LogP contribution in [0.15, 0.2) is 158 Å². The summed E-state index contributed by atoms with van der Waals surface area (Å²) in [6, 6.07) is 55.9. The highest BCUT2D eigenvalue weighted by molar-refractivity contribution is 5.84. The monoisotopic (exact) mass is 576 g/mol. The van der Waals surface area contributed by atoms with E-state index in [1.807, 2.05) is 36.4 Å². The Balaban J connectivity index is 1.13. The van der Waals surface area contributed by atoms with Crippen molar-refractivity contribution in [1.29, 1.82) is 0 Å². The van der Waals surface area contributed by atoms with Crippen molar-refractivity contribution >= 4 is 0 Å². The van der Waals surface area contributed by atoms with Gasteiger partial charge in [0.1, 0.15) is 0 Å². The van der Waals surface area contributed by atoms with Crippen LogP contribution in [0.2, 0.25) is 0 Å². The Bertz CT molecular complexity index is 2100. The zero-order valence-electron chi connectivity index (χ0n) is 25.4. The van der Waals surface area contributed by atoms with E-state index in [-0.39, 0.29) is 5.41 Å². The van der Waals surface area contributed by atoms with Crippen molar-refractivity contribution in [3.8, 4) is 67.3 Å². The van der Waals surface area contributed by atoms with Gasteiger partial charge in [0.25, 0.3) is 0 Å². The Hall–Kier alpha value is -5.60. The van der Waals surface area contributed by atoms with Crippen molar-refractivity contribution in [3.05, 3.63) is 169 Å². The molecule has 1 aliphatic rings.